The van der Waals surface area contributed by atoms with Gasteiger partial charge in [0, 0.05) is 5.56 Å². The van der Waals surface area contributed by atoms with E-state index in [2.05, 4.69) is 17.8 Å². The zero-order chi connectivity index (χ0) is 10.8. The number of benzene rings is 1. The Kier molecular flexibility index (Phi) is 2.47. The van der Waals surface area contributed by atoms with Crippen molar-refractivity contribution in [3.63, 3.8) is 0 Å². The van der Waals surface area contributed by atoms with E-state index >= 15 is 0 Å². The zero-order valence-corrected chi connectivity index (χ0v) is 8.56. The van der Waals surface area contributed by atoms with Crippen LogP contribution in [0.25, 0.3) is 11.3 Å². The van der Waals surface area contributed by atoms with Gasteiger partial charge in [0.2, 0.25) is 0 Å². The lowest BCUT2D eigenvalue weighted by molar-refractivity contribution is 0.0692. The van der Waals surface area contributed by atoms with Crippen LogP contribution in [0, 0.1) is 0 Å². The standard InChI is InChI=1S/C10H8N2O2S/c13-10(14)8-9(12(15)6-11-8)7-4-2-1-3-5-7/h1-6,15H,(H,13,14). The van der Waals surface area contributed by atoms with Crippen molar-refractivity contribution in [3.05, 3.63) is 42.4 Å². The van der Waals surface area contributed by atoms with Crippen LogP contribution in [0.15, 0.2) is 36.7 Å². The summed E-state index contributed by atoms with van der Waals surface area (Å²) >= 11 is 4.12. The molecule has 0 bridgehead atoms. The summed E-state index contributed by atoms with van der Waals surface area (Å²) in [6.45, 7) is 0. The second-order valence-corrected chi connectivity index (χ2v) is 3.39. The summed E-state index contributed by atoms with van der Waals surface area (Å²) in [5.41, 5.74) is 1.28. The summed E-state index contributed by atoms with van der Waals surface area (Å²) in [6, 6.07) is 9.17. The highest BCUT2D eigenvalue weighted by Gasteiger charge is 2.17. The molecule has 1 aromatic heterocycles. The molecule has 0 radical (unpaired) electrons. The first kappa shape index (κ1) is 9.79. The molecule has 15 heavy (non-hydrogen) atoms. The molecule has 0 saturated heterocycles. The Morgan fingerprint density at radius 1 is 1.33 bits per heavy atom. The number of aromatic carboxylic acids is 1. The third-order valence-electron chi connectivity index (χ3n) is 2.00. The van der Waals surface area contributed by atoms with Gasteiger partial charge in [-0.25, -0.2) is 9.78 Å². The van der Waals surface area contributed by atoms with Gasteiger partial charge in [0.05, 0.1) is 5.69 Å². The summed E-state index contributed by atoms with van der Waals surface area (Å²) < 4.78 is 1.40. The summed E-state index contributed by atoms with van der Waals surface area (Å²) in [7, 11) is 0. The molecule has 0 fully saturated rings. The van der Waals surface area contributed by atoms with Gasteiger partial charge >= 0.3 is 5.97 Å². The molecule has 1 aromatic carbocycles. The Morgan fingerprint density at radius 2 is 2.00 bits per heavy atom. The first-order chi connectivity index (χ1) is 7.20. The lowest BCUT2D eigenvalue weighted by atomic mass is 10.1. The molecule has 1 N–H and O–H groups in total. The monoisotopic (exact) mass is 220 g/mol. The van der Waals surface area contributed by atoms with E-state index in [1.54, 1.807) is 0 Å². The van der Waals surface area contributed by atoms with E-state index in [1.807, 2.05) is 30.3 Å². The van der Waals surface area contributed by atoms with Crippen molar-refractivity contribution in [1.82, 2.24) is 8.96 Å². The van der Waals surface area contributed by atoms with Crippen LogP contribution < -0.4 is 0 Å². The van der Waals surface area contributed by atoms with Gasteiger partial charge in [0.25, 0.3) is 0 Å². The molecule has 5 heteroatoms. The van der Waals surface area contributed by atoms with Crippen LogP contribution in [0.3, 0.4) is 0 Å². The Labute approximate surface area is 91.7 Å². The average molecular weight is 220 g/mol. The summed E-state index contributed by atoms with van der Waals surface area (Å²) in [6.07, 6.45) is 1.37. The van der Waals surface area contributed by atoms with Gasteiger partial charge in [-0.2, -0.15) is 0 Å². The molecule has 0 atom stereocenters. The number of thiol groups is 1. The largest absolute Gasteiger partial charge is 0.476 e. The molecule has 1 heterocycles. The average Bonchev–Trinajstić information content (AvgIpc) is 2.61. The first-order valence-corrected chi connectivity index (χ1v) is 4.65. The second kappa shape index (κ2) is 3.78. The van der Waals surface area contributed by atoms with E-state index < -0.39 is 5.97 Å². The van der Waals surface area contributed by atoms with E-state index in [0.717, 1.165) is 5.56 Å². The number of rotatable bonds is 2. The van der Waals surface area contributed by atoms with Gasteiger partial charge in [-0.15, -0.1) is 0 Å². The SMILES string of the molecule is O=C(O)c1ncn(S)c1-c1ccccc1. The van der Waals surface area contributed by atoms with Crippen LogP contribution in [0.2, 0.25) is 0 Å². The minimum absolute atomic E-state index is 0.0104. The van der Waals surface area contributed by atoms with Crippen LogP contribution in [-0.2, 0) is 0 Å². The number of imidazole rings is 1. The Hall–Kier alpha value is -1.75. The van der Waals surface area contributed by atoms with E-state index in [9.17, 15) is 4.79 Å². The molecule has 0 aliphatic rings. The third-order valence-corrected chi connectivity index (χ3v) is 2.30. The molecular formula is C10H8N2O2S. The molecule has 0 amide bonds. The molecule has 0 aliphatic carbocycles. The zero-order valence-electron chi connectivity index (χ0n) is 7.66. The maximum absolute atomic E-state index is 10.9. The molecule has 4 nitrogen and oxygen atoms in total. The van der Waals surface area contributed by atoms with Crippen LogP contribution in [0.4, 0.5) is 0 Å². The normalized spacial score (nSPS) is 10.2. The fraction of sp³-hybridized carbons (Fsp3) is 0. The number of carbonyl (C=O) groups is 1. The molecule has 76 valence electrons. The number of carboxylic acid groups (broad SMARTS) is 1. The number of nitrogens with zero attached hydrogens (tertiary/aromatic N) is 2. The minimum atomic E-state index is -1.05. The summed E-state index contributed by atoms with van der Waals surface area (Å²) in [5.74, 6) is -1.05. The molecule has 0 unspecified atom stereocenters. The van der Waals surface area contributed by atoms with Gasteiger partial charge in [-0.3, -0.25) is 3.97 Å². The van der Waals surface area contributed by atoms with E-state index in [1.165, 1.54) is 10.3 Å². The highest BCUT2D eigenvalue weighted by Crippen LogP contribution is 2.23. The number of carboxylic acids is 1. The van der Waals surface area contributed by atoms with Crippen molar-refractivity contribution in [2.24, 2.45) is 0 Å². The maximum Gasteiger partial charge on any atom is 0.356 e. The van der Waals surface area contributed by atoms with Gasteiger partial charge in [-0.1, -0.05) is 43.1 Å². The van der Waals surface area contributed by atoms with Crippen molar-refractivity contribution in [1.29, 1.82) is 0 Å². The molecule has 0 saturated carbocycles. The van der Waals surface area contributed by atoms with Gasteiger partial charge < -0.3 is 5.11 Å². The maximum atomic E-state index is 10.9. The Balaban J connectivity index is 2.62. The Morgan fingerprint density at radius 3 is 2.60 bits per heavy atom. The van der Waals surface area contributed by atoms with Crippen LogP contribution in [0.1, 0.15) is 10.5 Å². The van der Waals surface area contributed by atoms with Crippen LogP contribution >= 0.6 is 12.8 Å². The molecule has 0 spiro atoms. The summed E-state index contributed by atoms with van der Waals surface area (Å²) in [5, 5.41) is 8.93. The Bertz CT molecular complexity index is 493. The molecule has 0 aliphatic heterocycles. The molecular weight excluding hydrogens is 212 g/mol. The predicted molar refractivity (Wildman–Crippen MR) is 59.0 cm³/mol. The minimum Gasteiger partial charge on any atom is -0.476 e. The highest BCUT2D eigenvalue weighted by atomic mass is 32.1. The van der Waals surface area contributed by atoms with E-state index in [0.29, 0.717) is 5.69 Å². The lowest BCUT2D eigenvalue weighted by Gasteiger charge is -2.02. The molecule has 2 rings (SSSR count). The number of hydrogen-bond donors (Lipinski definition) is 2. The van der Waals surface area contributed by atoms with Crippen molar-refractivity contribution in [2.45, 2.75) is 0 Å². The number of hydrogen-bond acceptors (Lipinski definition) is 3. The van der Waals surface area contributed by atoms with Gasteiger partial charge in [-0.05, 0) is 0 Å². The summed E-state index contributed by atoms with van der Waals surface area (Å²) in [4.78, 5) is 14.7. The van der Waals surface area contributed by atoms with E-state index in [4.69, 9.17) is 5.11 Å². The fourth-order valence-electron chi connectivity index (χ4n) is 1.36. The first-order valence-electron chi connectivity index (χ1n) is 4.25. The predicted octanol–water partition coefficient (Wildman–Crippen LogP) is 1.94. The van der Waals surface area contributed by atoms with Crippen LogP contribution in [0.5, 0.6) is 0 Å². The smallest absolute Gasteiger partial charge is 0.356 e. The topological polar surface area (TPSA) is 55.1 Å². The second-order valence-electron chi connectivity index (χ2n) is 2.96. The number of aromatic nitrogens is 2. The van der Waals surface area contributed by atoms with Crippen LogP contribution in [-0.4, -0.2) is 20.0 Å². The van der Waals surface area contributed by atoms with Crippen molar-refractivity contribution < 1.29 is 9.90 Å². The van der Waals surface area contributed by atoms with Crippen molar-refractivity contribution in [2.75, 3.05) is 0 Å². The van der Waals surface area contributed by atoms with Gasteiger partial charge in [0.15, 0.2) is 5.69 Å². The quantitative estimate of drug-likeness (QED) is 0.760. The van der Waals surface area contributed by atoms with Crippen molar-refractivity contribution >= 4 is 18.8 Å². The molecule has 2 aromatic rings. The fourth-order valence-corrected chi connectivity index (χ4v) is 1.62. The highest BCUT2D eigenvalue weighted by molar-refractivity contribution is 7.78. The lowest BCUT2D eigenvalue weighted by Crippen LogP contribution is -1.99. The third kappa shape index (κ3) is 1.73. The van der Waals surface area contributed by atoms with Gasteiger partial charge in [0.1, 0.15) is 6.33 Å². The van der Waals surface area contributed by atoms with Crippen molar-refractivity contribution in [3.8, 4) is 11.3 Å². The van der Waals surface area contributed by atoms with E-state index in [-0.39, 0.29) is 5.69 Å².